The fraction of sp³-hybridized carbons (Fsp3) is 0.500. The van der Waals surface area contributed by atoms with E-state index in [1.807, 2.05) is 18.5 Å². The van der Waals surface area contributed by atoms with Gasteiger partial charge in [0.25, 0.3) is 0 Å². The summed E-state index contributed by atoms with van der Waals surface area (Å²) >= 11 is 0. The highest BCUT2D eigenvalue weighted by Gasteiger charge is 2.49. The van der Waals surface area contributed by atoms with Gasteiger partial charge in [0.05, 0.1) is 12.0 Å². The van der Waals surface area contributed by atoms with Gasteiger partial charge in [-0.1, -0.05) is 0 Å². The predicted molar refractivity (Wildman–Crippen MR) is 51.4 cm³/mol. The minimum absolute atomic E-state index is 0.0267. The topological polar surface area (TPSA) is 65.1 Å². The highest BCUT2D eigenvalue weighted by Crippen LogP contribution is 2.45. The molecule has 0 saturated heterocycles. The normalized spacial score (nSPS) is 17.8. The second kappa shape index (κ2) is 3.46. The first kappa shape index (κ1) is 9.27. The third-order valence-electron chi connectivity index (χ3n) is 2.75. The van der Waals surface area contributed by atoms with E-state index in [1.165, 1.54) is 0 Å². The van der Waals surface area contributed by atoms with Crippen molar-refractivity contribution in [1.82, 2.24) is 10.3 Å². The van der Waals surface area contributed by atoms with Crippen molar-refractivity contribution >= 4 is 5.91 Å². The van der Waals surface area contributed by atoms with E-state index in [9.17, 15) is 4.79 Å². The molecule has 1 amide bonds. The van der Waals surface area contributed by atoms with E-state index in [0.29, 0.717) is 6.54 Å². The van der Waals surface area contributed by atoms with Crippen LogP contribution in [-0.4, -0.2) is 22.6 Å². The number of carbonyl (C=O) groups excluding carboxylic acids is 1. The van der Waals surface area contributed by atoms with Gasteiger partial charge >= 0.3 is 0 Å². The van der Waals surface area contributed by atoms with Crippen LogP contribution in [0.25, 0.3) is 0 Å². The van der Waals surface area contributed by atoms with Crippen molar-refractivity contribution in [3.8, 4) is 0 Å². The van der Waals surface area contributed by atoms with E-state index in [1.54, 1.807) is 0 Å². The van der Waals surface area contributed by atoms with Gasteiger partial charge in [0.15, 0.2) is 0 Å². The monoisotopic (exact) mass is 194 g/mol. The molecule has 4 heteroatoms. The molecule has 1 aromatic heterocycles. The number of carbonyl (C=O) groups is 1. The average Bonchev–Trinajstić information content (AvgIpc) is 2.84. The van der Waals surface area contributed by atoms with Crippen molar-refractivity contribution in [3.05, 3.63) is 24.0 Å². The van der Waals surface area contributed by atoms with Crippen LogP contribution in [0.15, 0.2) is 18.5 Å². The fourth-order valence-electron chi connectivity index (χ4n) is 1.45. The second-order valence-electron chi connectivity index (χ2n) is 3.84. The molecule has 76 valence electrons. The van der Waals surface area contributed by atoms with Crippen LogP contribution in [0.3, 0.4) is 0 Å². The standard InChI is InChI=1S/C10H14N2O2/c13-7-10(2-3-10)9(14)12-6-8-1-4-11-5-8/h1,4-5,11,13H,2-3,6-7H2,(H,12,14). The van der Waals surface area contributed by atoms with Gasteiger partial charge in [0.1, 0.15) is 0 Å². The molecular formula is C10H14N2O2. The summed E-state index contributed by atoms with van der Waals surface area (Å²) in [6, 6.07) is 1.92. The number of aliphatic hydroxyl groups excluding tert-OH is 1. The Bertz CT molecular complexity index is 315. The number of H-pyrrole nitrogens is 1. The van der Waals surface area contributed by atoms with Crippen LogP contribution in [0, 0.1) is 5.41 Å². The molecule has 4 nitrogen and oxygen atoms in total. The Morgan fingerprint density at radius 1 is 1.64 bits per heavy atom. The summed E-state index contributed by atoms with van der Waals surface area (Å²) in [4.78, 5) is 14.5. The van der Waals surface area contributed by atoms with E-state index < -0.39 is 5.41 Å². The van der Waals surface area contributed by atoms with E-state index in [4.69, 9.17) is 5.11 Å². The number of hydrogen-bond donors (Lipinski definition) is 3. The van der Waals surface area contributed by atoms with Crippen molar-refractivity contribution in [2.24, 2.45) is 5.41 Å². The van der Waals surface area contributed by atoms with Crippen LogP contribution in [0.5, 0.6) is 0 Å². The van der Waals surface area contributed by atoms with Crippen molar-refractivity contribution in [3.63, 3.8) is 0 Å². The molecule has 0 radical (unpaired) electrons. The molecule has 1 fully saturated rings. The third-order valence-corrected chi connectivity index (χ3v) is 2.75. The summed E-state index contributed by atoms with van der Waals surface area (Å²) < 4.78 is 0. The lowest BCUT2D eigenvalue weighted by Crippen LogP contribution is -2.33. The molecule has 2 rings (SSSR count). The summed E-state index contributed by atoms with van der Waals surface area (Å²) in [7, 11) is 0. The van der Waals surface area contributed by atoms with Gasteiger partial charge < -0.3 is 15.4 Å². The highest BCUT2D eigenvalue weighted by molar-refractivity contribution is 5.85. The lowest BCUT2D eigenvalue weighted by atomic mass is 10.1. The van der Waals surface area contributed by atoms with Gasteiger partial charge in [-0.05, 0) is 24.5 Å². The molecular weight excluding hydrogens is 180 g/mol. The van der Waals surface area contributed by atoms with Gasteiger partial charge in [-0.3, -0.25) is 4.79 Å². The molecule has 0 spiro atoms. The first-order valence-electron chi connectivity index (χ1n) is 4.78. The third kappa shape index (κ3) is 1.65. The highest BCUT2D eigenvalue weighted by atomic mass is 16.3. The minimum atomic E-state index is -0.462. The maximum atomic E-state index is 11.6. The molecule has 1 aliphatic carbocycles. The van der Waals surface area contributed by atoms with Gasteiger partial charge in [-0.15, -0.1) is 0 Å². The summed E-state index contributed by atoms with van der Waals surface area (Å²) in [5.74, 6) is -0.0267. The van der Waals surface area contributed by atoms with Gasteiger partial charge in [-0.25, -0.2) is 0 Å². The lowest BCUT2D eigenvalue weighted by Gasteiger charge is -2.11. The Hall–Kier alpha value is -1.29. The Morgan fingerprint density at radius 3 is 2.93 bits per heavy atom. The number of nitrogens with one attached hydrogen (secondary N) is 2. The number of rotatable bonds is 4. The van der Waals surface area contributed by atoms with E-state index in [-0.39, 0.29) is 12.5 Å². The zero-order valence-electron chi connectivity index (χ0n) is 7.92. The summed E-state index contributed by atoms with van der Waals surface area (Å²) in [5, 5.41) is 11.8. The van der Waals surface area contributed by atoms with E-state index >= 15 is 0 Å². The Morgan fingerprint density at radius 2 is 2.43 bits per heavy atom. The van der Waals surface area contributed by atoms with Crippen LogP contribution >= 0.6 is 0 Å². The van der Waals surface area contributed by atoms with Gasteiger partial charge in [0.2, 0.25) is 5.91 Å². The molecule has 1 aromatic rings. The average molecular weight is 194 g/mol. The van der Waals surface area contributed by atoms with E-state index in [0.717, 1.165) is 18.4 Å². The van der Waals surface area contributed by atoms with Gasteiger partial charge in [0, 0.05) is 18.9 Å². The molecule has 3 N–H and O–H groups in total. The molecule has 1 saturated carbocycles. The Kier molecular flexibility index (Phi) is 2.29. The number of hydrogen-bond acceptors (Lipinski definition) is 2. The van der Waals surface area contributed by atoms with Gasteiger partial charge in [-0.2, -0.15) is 0 Å². The molecule has 1 heterocycles. The maximum Gasteiger partial charge on any atom is 0.228 e. The molecule has 0 aromatic carbocycles. The summed E-state index contributed by atoms with van der Waals surface area (Å²) in [5.41, 5.74) is 0.586. The Balaban J connectivity index is 1.84. The smallest absolute Gasteiger partial charge is 0.228 e. The summed E-state index contributed by atoms with van der Waals surface area (Å²) in [6.07, 6.45) is 5.28. The minimum Gasteiger partial charge on any atom is -0.395 e. The SMILES string of the molecule is O=C(NCc1cc[nH]c1)C1(CO)CC1. The Labute approximate surface area is 82.3 Å². The molecule has 0 bridgehead atoms. The van der Waals surface area contributed by atoms with Crippen LogP contribution in [-0.2, 0) is 11.3 Å². The largest absolute Gasteiger partial charge is 0.395 e. The number of aromatic nitrogens is 1. The predicted octanol–water partition coefficient (Wildman–Crippen LogP) is 0.403. The molecule has 0 atom stereocenters. The molecule has 14 heavy (non-hydrogen) atoms. The van der Waals surface area contributed by atoms with E-state index in [2.05, 4.69) is 10.3 Å². The van der Waals surface area contributed by atoms with Crippen LogP contribution in [0.1, 0.15) is 18.4 Å². The van der Waals surface area contributed by atoms with Crippen molar-refractivity contribution in [1.29, 1.82) is 0 Å². The first-order valence-corrected chi connectivity index (χ1v) is 4.78. The second-order valence-corrected chi connectivity index (χ2v) is 3.84. The quantitative estimate of drug-likeness (QED) is 0.649. The van der Waals surface area contributed by atoms with Crippen LogP contribution < -0.4 is 5.32 Å². The summed E-state index contributed by atoms with van der Waals surface area (Å²) in [6.45, 7) is 0.496. The van der Waals surface area contributed by atoms with Crippen molar-refractivity contribution < 1.29 is 9.90 Å². The first-order chi connectivity index (χ1) is 6.77. The molecule has 1 aliphatic rings. The fourth-order valence-corrected chi connectivity index (χ4v) is 1.45. The number of amides is 1. The molecule has 0 aliphatic heterocycles. The molecule has 0 unspecified atom stereocenters. The van der Waals surface area contributed by atoms with Crippen molar-refractivity contribution in [2.45, 2.75) is 19.4 Å². The van der Waals surface area contributed by atoms with Crippen molar-refractivity contribution in [2.75, 3.05) is 6.61 Å². The maximum absolute atomic E-state index is 11.6. The van der Waals surface area contributed by atoms with Crippen LogP contribution in [0.4, 0.5) is 0 Å². The van der Waals surface area contributed by atoms with Crippen LogP contribution in [0.2, 0.25) is 0 Å². The number of aromatic amines is 1. The number of aliphatic hydroxyl groups is 1. The lowest BCUT2D eigenvalue weighted by molar-refractivity contribution is -0.127. The zero-order valence-corrected chi connectivity index (χ0v) is 7.92. The zero-order chi connectivity index (χ0) is 10.0.